The lowest BCUT2D eigenvalue weighted by atomic mass is 9.76. The number of nitrogens with zero attached hydrogens (tertiary/aromatic N) is 2. The third-order valence-electron chi connectivity index (χ3n) is 7.95. The molecule has 1 spiro atoms. The fourth-order valence-corrected chi connectivity index (χ4v) is 6.02. The first-order chi connectivity index (χ1) is 16.1. The standard InChI is InChI=1S/C27H35N3O3/c1-33-21-6-7-24-22(16-21)23(19-28-24)20-8-14-29(15-9-20)12-4-5-13-30-25(31)17-27(18-26(30)32)10-2-3-11-27/h6-8,16,19,28H,2-5,9-15,17-18H2,1H3. The number of hydrogen-bond acceptors (Lipinski definition) is 4. The average Bonchev–Trinajstić information content (AvgIpc) is 3.45. The molecule has 0 radical (unpaired) electrons. The largest absolute Gasteiger partial charge is 0.497 e. The first-order valence-corrected chi connectivity index (χ1v) is 12.5. The van der Waals surface area contributed by atoms with Crippen molar-refractivity contribution in [2.75, 3.05) is 33.3 Å². The maximum atomic E-state index is 12.6. The van der Waals surface area contributed by atoms with Gasteiger partial charge in [-0.3, -0.25) is 19.4 Å². The summed E-state index contributed by atoms with van der Waals surface area (Å²) < 4.78 is 5.40. The number of benzene rings is 1. The lowest BCUT2D eigenvalue weighted by molar-refractivity contribution is -0.153. The minimum absolute atomic E-state index is 0.00155. The number of likely N-dealkylation sites (tertiary alicyclic amines) is 1. The predicted octanol–water partition coefficient (Wildman–Crippen LogP) is 4.76. The maximum absolute atomic E-state index is 12.6. The van der Waals surface area contributed by atoms with E-state index in [0.29, 0.717) is 19.4 Å². The predicted molar refractivity (Wildman–Crippen MR) is 130 cm³/mol. The third kappa shape index (κ3) is 4.58. The molecule has 0 bridgehead atoms. The molecule has 1 N–H and O–H groups in total. The van der Waals surface area contributed by atoms with E-state index in [0.717, 1.165) is 63.0 Å². The van der Waals surface area contributed by atoms with Crippen LogP contribution in [0.25, 0.3) is 16.5 Å². The van der Waals surface area contributed by atoms with E-state index in [2.05, 4.69) is 34.3 Å². The average molecular weight is 450 g/mol. The van der Waals surface area contributed by atoms with E-state index in [1.54, 1.807) is 12.0 Å². The van der Waals surface area contributed by atoms with Crippen molar-refractivity contribution >= 4 is 28.3 Å². The number of rotatable bonds is 7. The molecule has 5 rings (SSSR count). The van der Waals surface area contributed by atoms with Gasteiger partial charge in [0.05, 0.1) is 7.11 Å². The van der Waals surface area contributed by atoms with Crippen LogP contribution in [0.3, 0.4) is 0 Å². The number of unbranched alkanes of at least 4 members (excludes halogenated alkanes) is 1. The fourth-order valence-electron chi connectivity index (χ4n) is 6.02. The topological polar surface area (TPSA) is 65.6 Å². The first kappa shape index (κ1) is 22.2. The Balaban J connectivity index is 1.10. The maximum Gasteiger partial charge on any atom is 0.229 e. The van der Waals surface area contributed by atoms with Crippen LogP contribution in [0.5, 0.6) is 5.75 Å². The van der Waals surface area contributed by atoms with Crippen LogP contribution in [0.2, 0.25) is 0 Å². The van der Waals surface area contributed by atoms with Gasteiger partial charge in [0, 0.05) is 55.1 Å². The number of aromatic nitrogens is 1. The summed E-state index contributed by atoms with van der Waals surface area (Å²) in [5, 5.41) is 1.21. The van der Waals surface area contributed by atoms with Gasteiger partial charge in [-0.25, -0.2) is 0 Å². The highest BCUT2D eigenvalue weighted by molar-refractivity contribution is 5.98. The third-order valence-corrected chi connectivity index (χ3v) is 7.95. The Bertz CT molecular complexity index is 1040. The number of piperidine rings is 1. The number of ether oxygens (including phenoxy) is 1. The number of hydrogen-bond donors (Lipinski definition) is 1. The highest BCUT2D eigenvalue weighted by Gasteiger charge is 2.44. The molecule has 1 saturated carbocycles. The number of carbonyl (C=O) groups excluding carboxylic acids is 2. The van der Waals surface area contributed by atoms with Gasteiger partial charge in [0.1, 0.15) is 5.75 Å². The second kappa shape index (κ2) is 9.34. The van der Waals surface area contributed by atoms with Gasteiger partial charge in [-0.1, -0.05) is 18.9 Å². The second-order valence-corrected chi connectivity index (χ2v) is 10.1. The molecule has 2 aliphatic heterocycles. The molecule has 0 atom stereocenters. The Kier molecular flexibility index (Phi) is 6.28. The Labute approximate surface area is 196 Å². The molecule has 2 aromatic rings. The summed E-state index contributed by atoms with van der Waals surface area (Å²) in [5.41, 5.74) is 3.79. The number of aromatic amines is 1. The van der Waals surface area contributed by atoms with E-state index in [1.807, 2.05) is 6.07 Å². The highest BCUT2D eigenvalue weighted by atomic mass is 16.5. The summed E-state index contributed by atoms with van der Waals surface area (Å²) in [6.07, 6.45) is 13.0. The molecule has 3 aliphatic rings. The van der Waals surface area contributed by atoms with Gasteiger partial charge in [-0.2, -0.15) is 0 Å². The van der Waals surface area contributed by atoms with Crippen LogP contribution in [-0.2, 0) is 9.59 Å². The van der Waals surface area contributed by atoms with Gasteiger partial charge < -0.3 is 9.72 Å². The van der Waals surface area contributed by atoms with Gasteiger partial charge in [0.15, 0.2) is 0 Å². The van der Waals surface area contributed by atoms with Gasteiger partial charge in [0.25, 0.3) is 0 Å². The molecule has 2 fully saturated rings. The van der Waals surface area contributed by atoms with E-state index < -0.39 is 0 Å². The Morgan fingerprint density at radius 3 is 2.52 bits per heavy atom. The van der Waals surface area contributed by atoms with Crippen molar-refractivity contribution in [2.24, 2.45) is 5.41 Å². The molecular formula is C27H35N3O3. The molecule has 6 heteroatoms. The molecule has 3 heterocycles. The molecule has 1 aromatic heterocycles. The number of nitrogens with one attached hydrogen (secondary N) is 1. The van der Waals surface area contributed by atoms with Gasteiger partial charge in [-0.15, -0.1) is 0 Å². The lowest BCUT2D eigenvalue weighted by Crippen LogP contribution is -2.47. The second-order valence-electron chi connectivity index (χ2n) is 10.1. The smallest absolute Gasteiger partial charge is 0.229 e. The summed E-state index contributed by atoms with van der Waals surface area (Å²) in [4.78, 5) is 32.6. The Morgan fingerprint density at radius 1 is 1.06 bits per heavy atom. The molecule has 1 aromatic carbocycles. The van der Waals surface area contributed by atoms with Crippen LogP contribution in [0, 0.1) is 5.41 Å². The molecule has 2 amide bonds. The van der Waals surface area contributed by atoms with E-state index in [-0.39, 0.29) is 17.2 Å². The van der Waals surface area contributed by atoms with Crippen LogP contribution in [0.4, 0.5) is 0 Å². The van der Waals surface area contributed by atoms with Crippen LogP contribution in [-0.4, -0.2) is 59.9 Å². The summed E-state index contributed by atoms with van der Waals surface area (Å²) in [6, 6.07) is 6.16. The Morgan fingerprint density at radius 2 is 1.82 bits per heavy atom. The van der Waals surface area contributed by atoms with Crippen molar-refractivity contribution in [2.45, 2.75) is 57.8 Å². The van der Waals surface area contributed by atoms with E-state index in [4.69, 9.17) is 4.74 Å². The number of methoxy groups -OCH3 is 1. The minimum Gasteiger partial charge on any atom is -0.497 e. The lowest BCUT2D eigenvalue weighted by Gasteiger charge is -2.37. The quantitative estimate of drug-likeness (QED) is 0.489. The molecular weight excluding hydrogens is 414 g/mol. The van der Waals surface area contributed by atoms with Crippen molar-refractivity contribution in [1.82, 2.24) is 14.8 Å². The van der Waals surface area contributed by atoms with Crippen molar-refractivity contribution in [1.29, 1.82) is 0 Å². The van der Waals surface area contributed by atoms with Crippen molar-refractivity contribution in [3.8, 4) is 5.75 Å². The van der Waals surface area contributed by atoms with Gasteiger partial charge in [-0.05, 0) is 67.8 Å². The van der Waals surface area contributed by atoms with Crippen LogP contribution in [0.15, 0.2) is 30.5 Å². The van der Waals surface area contributed by atoms with Crippen LogP contribution >= 0.6 is 0 Å². The number of amides is 2. The molecule has 0 unspecified atom stereocenters. The summed E-state index contributed by atoms with van der Waals surface area (Å²) in [7, 11) is 1.70. The van der Waals surface area contributed by atoms with Gasteiger partial charge >= 0.3 is 0 Å². The molecule has 1 aliphatic carbocycles. The fraction of sp³-hybridized carbons (Fsp3) is 0.556. The first-order valence-electron chi connectivity index (χ1n) is 12.5. The number of fused-ring (bicyclic) bond motifs is 1. The summed E-state index contributed by atoms with van der Waals surface area (Å²) in [6.45, 7) is 3.56. The van der Waals surface area contributed by atoms with Crippen molar-refractivity contribution < 1.29 is 14.3 Å². The highest BCUT2D eigenvalue weighted by Crippen LogP contribution is 2.46. The minimum atomic E-state index is -0.00155. The Hall–Kier alpha value is -2.60. The molecule has 6 nitrogen and oxygen atoms in total. The zero-order valence-electron chi connectivity index (χ0n) is 19.7. The van der Waals surface area contributed by atoms with E-state index in [1.165, 1.54) is 29.4 Å². The van der Waals surface area contributed by atoms with Crippen LogP contribution < -0.4 is 4.74 Å². The van der Waals surface area contributed by atoms with E-state index in [9.17, 15) is 9.59 Å². The van der Waals surface area contributed by atoms with Crippen molar-refractivity contribution in [3.63, 3.8) is 0 Å². The SMILES string of the molecule is COc1ccc2[nH]cc(C3=CCN(CCCCN4C(=O)CC5(CCCC5)CC4=O)CC3)c2c1. The monoisotopic (exact) mass is 449 g/mol. The zero-order valence-corrected chi connectivity index (χ0v) is 19.7. The number of imide groups is 1. The zero-order chi connectivity index (χ0) is 22.8. The van der Waals surface area contributed by atoms with E-state index >= 15 is 0 Å². The number of H-pyrrole nitrogens is 1. The molecule has 176 valence electrons. The summed E-state index contributed by atoms with van der Waals surface area (Å²) in [5.74, 6) is 1.01. The van der Waals surface area contributed by atoms with Gasteiger partial charge in [0.2, 0.25) is 11.8 Å². The summed E-state index contributed by atoms with van der Waals surface area (Å²) >= 11 is 0. The molecule has 33 heavy (non-hydrogen) atoms. The van der Waals surface area contributed by atoms with Crippen molar-refractivity contribution in [3.05, 3.63) is 36.0 Å². The van der Waals surface area contributed by atoms with Crippen LogP contribution in [0.1, 0.15) is 63.4 Å². The molecule has 1 saturated heterocycles. The number of carbonyl (C=O) groups is 2. The normalized spacial score (nSPS) is 21.2.